The van der Waals surface area contributed by atoms with Gasteiger partial charge in [-0.1, -0.05) is 66.7 Å². The molecule has 2 amide bonds. The van der Waals surface area contributed by atoms with E-state index in [0.717, 1.165) is 22.0 Å². The van der Waals surface area contributed by atoms with Crippen molar-refractivity contribution in [3.63, 3.8) is 0 Å². The molecule has 0 bridgehead atoms. The maximum Gasteiger partial charge on any atom is 0.240 e. The fourth-order valence-corrected chi connectivity index (χ4v) is 6.99. The van der Waals surface area contributed by atoms with Crippen LogP contribution in [-0.4, -0.2) is 36.8 Å². The van der Waals surface area contributed by atoms with Gasteiger partial charge in [-0.25, -0.2) is 4.90 Å². The molecule has 0 radical (unpaired) electrons. The Morgan fingerprint density at radius 2 is 1.56 bits per heavy atom. The second kappa shape index (κ2) is 8.92. The number of nitrogens with zero attached hydrogens (tertiary/aromatic N) is 2. The Hall–Kier alpha value is -4.23. The monoisotopic (exact) mass is 578 g/mol. The summed E-state index contributed by atoms with van der Waals surface area (Å²) in [6.07, 6.45) is 3.96. The number of fused-ring (bicyclic) bond motifs is 6. The molecule has 0 aromatic heterocycles. The Labute approximate surface area is 233 Å². The summed E-state index contributed by atoms with van der Waals surface area (Å²) in [6.45, 7) is 0. The highest BCUT2D eigenvalue weighted by Crippen LogP contribution is 2.50. The maximum atomic E-state index is 14.3. The number of halogens is 1. The number of hydrogen-bond acceptors (Lipinski definition) is 5. The van der Waals surface area contributed by atoms with Crippen molar-refractivity contribution in [1.82, 2.24) is 0 Å². The first kappa shape index (κ1) is 23.9. The van der Waals surface area contributed by atoms with Gasteiger partial charge >= 0.3 is 0 Å². The summed E-state index contributed by atoms with van der Waals surface area (Å²) in [5.41, 5.74) is 2.81. The lowest BCUT2D eigenvalue weighted by Gasteiger charge is -2.36. The number of imide groups is 1. The highest BCUT2D eigenvalue weighted by atomic mass is 79.9. The standard InChI is InChI=1S/C32H23BrN2O4/c1-39-26-16-14-20(17-22(26)33)30(36)29-28-27(25-15-13-19-8-3-5-11-23(19)34(25)29)31(37)35(32(28)38)24-12-6-9-18-7-2-4-10-21(18)24/h2-17,25,27-29H,1H3. The fraction of sp³-hybridized carbons (Fsp3) is 0.156. The number of rotatable bonds is 4. The Morgan fingerprint density at radius 1 is 0.846 bits per heavy atom. The number of anilines is 2. The number of methoxy groups -OCH3 is 1. The molecule has 2 fully saturated rings. The minimum absolute atomic E-state index is 0.207. The Balaban J connectivity index is 1.38. The highest BCUT2D eigenvalue weighted by Gasteiger charge is 2.64. The minimum Gasteiger partial charge on any atom is -0.496 e. The number of carbonyl (C=O) groups excluding carboxylic acids is 3. The van der Waals surface area contributed by atoms with Crippen molar-refractivity contribution in [2.24, 2.45) is 11.8 Å². The van der Waals surface area contributed by atoms with Gasteiger partial charge < -0.3 is 9.64 Å². The summed E-state index contributed by atoms with van der Waals surface area (Å²) < 4.78 is 6.00. The van der Waals surface area contributed by atoms with Crippen LogP contribution in [0, 0.1) is 11.8 Å². The van der Waals surface area contributed by atoms with E-state index in [1.807, 2.05) is 77.7 Å². The molecule has 7 heteroatoms. The normalized spacial score (nSPS) is 23.1. The Kier molecular flexibility index (Phi) is 5.45. The molecule has 0 aliphatic carbocycles. The van der Waals surface area contributed by atoms with Gasteiger partial charge in [-0.2, -0.15) is 0 Å². The molecule has 4 aromatic carbocycles. The molecule has 4 atom stereocenters. The smallest absolute Gasteiger partial charge is 0.240 e. The number of ketones is 1. The van der Waals surface area contributed by atoms with E-state index in [1.165, 1.54) is 4.90 Å². The van der Waals surface area contributed by atoms with Crippen molar-refractivity contribution >= 4 is 61.8 Å². The van der Waals surface area contributed by atoms with E-state index in [0.29, 0.717) is 21.5 Å². The molecular formula is C32H23BrN2O4. The zero-order valence-corrected chi connectivity index (χ0v) is 22.5. The van der Waals surface area contributed by atoms with E-state index < -0.39 is 23.9 Å². The fourth-order valence-electron chi connectivity index (χ4n) is 6.44. The zero-order chi connectivity index (χ0) is 26.8. The molecule has 4 unspecified atom stereocenters. The maximum absolute atomic E-state index is 14.3. The molecule has 6 nitrogen and oxygen atoms in total. The van der Waals surface area contributed by atoms with Crippen LogP contribution < -0.4 is 14.5 Å². The molecule has 4 aromatic rings. The molecule has 39 heavy (non-hydrogen) atoms. The van der Waals surface area contributed by atoms with Crippen LogP contribution in [0.1, 0.15) is 15.9 Å². The van der Waals surface area contributed by atoms with Crippen LogP contribution in [0.2, 0.25) is 0 Å². The zero-order valence-electron chi connectivity index (χ0n) is 21.0. The summed E-state index contributed by atoms with van der Waals surface area (Å²) in [4.78, 5) is 46.0. The van der Waals surface area contributed by atoms with Gasteiger partial charge in [0, 0.05) is 16.6 Å². The Morgan fingerprint density at radius 3 is 2.38 bits per heavy atom. The third kappa shape index (κ3) is 3.42. The summed E-state index contributed by atoms with van der Waals surface area (Å²) in [5, 5.41) is 1.77. The van der Waals surface area contributed by atoms with Gasteiger partial charge in [0.1, 0.15) is 11.8 Å². The van der Waals surface area contributed by atoms with Crippen LogP contribution in [0.15, 0.2) is 95.5 Å². The average Bonchev–Trinajstić information content (AvgIpc) is 3.44. The predicted molar refractivity (Wildman–Crippen MR) is 154 cm³/mol. The number of hydrogen-bond donors (Lipinski definition) is 0. The van der Waals surface area contributed by atoms with Crippen LogP contribution in [0.25, 0.3) is 16.8 Å². The first-order chi connectivity index (χ1) is 19.0. The lowest BCUT2D eigenvalue weighted by Crippen LogP contribution is -2.48. The lowest BCUT2D eigenvalue weighted by atomic mass is 9.86. The largest absolute Gasteiger partial charge is 0.496 e. The number of Topliss-reactive ketones (excluding diaryl/α,β-unsaturated/α-hetero) is 1. The first-order valence-electron chi connectivity index (χ1n) is 12.8. The Bertz CT molecular complexity index is 1730. The lowest BCUT2D eigenvalue weighted by molar-refractivity contribution is -0.122. The number of benzene rings is 4. The van der Waals surface area contributed by atoms with Crippen molar-refractivity contribution < 1.29 is 19.1 Å². The molecule has 2 saturated heterocycles. The summed E-state index contributed by atoms with van der Waals surface area (Å²) >= 11 is 3.49. The number of carbonyl (C=O) groups is 3. The molecular weight excluding hydrogens is 556 g/mol. The molecule has 0 N–H and O–H groups in total. The van der Waals surface area contributed by atoms with Gasteiger partial charge in [-0.15, -0.1) is 0 Å². The van der Waals surface area contributed by atoms with Crippen molar-refractivity contribution in [2.75, 3.05) is 16.9 Å². The van der Waals surface area contributed by atoms with Crippen molar-refractivity contribution in [2.45, 2.75) is 12.1 Å². The first-order valence-corrected chi connectivity index (χ1v) is 13.6. The average molecular weight is 579 g/mol. The summed E-state index contributed by atoms with van der Waals surface area (Å²) in [7, 11) is 1.56. The minimum atomic E-state index is -0.845. The summed E-state index contributed by atoms with van der Waals surface area (Å²) in [6, 6.07) is 25.0. The van der Waals surface area contributed by atoms with E-state index in [2.05, 4.69) is 15.9 Å². The SMILES string of the molecule is COc1ccc(C(=O)C2C3C(=O)N(c4cccc5ccccc45)C(=O)C3C3C=Cc4ccccc4N32)cc1Br. The topological polar surface area (TPSA) is 66.9 Å². The number of ether oxygens (including phenoxy) is 1. The molecule has 192 valence electrons. The van der Waals surface area contributed by atoms with Gasteiger partial charge in [-0.05, 0) is 57.2 Å². The number of para-hydroxylation sites is 1. The van der Waals surface area contributed by atoms with Gasteiger partial charge in [0.15, 0.2) is 5.78 Å². The quantitative estimate of drug-likeness (QED) is 0.223. The summed E-state index contributed by atoms with van der Waals surface area (Å²) in [5.74, 6) is -1.72. The van der Waals surface area contributed by atoms with E-state index in [4.69, 9.17) is 4.74 Å². The molecule has 3 aliphatic heterocycles. The second-order valence-electron chi connectivity index (χ2n) is 10.0. The van der Waals surface area contributed by atoms with Gasteiger partial charge in [0.05, 0.1) is 35.1 Å². The van der Waals surface area contributed by atoms with E-state index in [1.54, 1.807) is 31.4 Å². The number of amides is 2. The van der Waals surface area contributed by atoms with E-state index >= 15 is 0 Å². The van der Waals surface area contributed by atoms with Gasteiger partial charge in [0.2, 0.25) is 11.8 Å². The molecule has 3 heterocycles. The van der Waals surface area contributed by atoms with Crippen LogP contribution in [0.4, 0.5) is 11.4 Å². The third-order valence-electron chi connectivity index (χ3n) is 8.13. The highest BCUT2D eigenvalue weighted by molar-refractivity contribution is 9.10. The van der Waals surface area contributed by atoms with Crippen LogP contribution >= 0.6 is 15.9 Å². The predicted octanol–water partition coefficient (Wildman–Crippen LogP) is 5.88. The van der Waals surface area contributed by atoms with Crippen LogP contribution in [-0.2, 0) is 9.59 Å². The molecule has 7 rings (SSSR count). The van der Waals surface area contributed by atoms with Crippen molar-refractivity contribution in [3.05, 3.63) is 107 Å². The molecule has 3 aliphatic rings. The van der Waals surface area contributed by atoms with Gasteiger partial charge in [-0.3, -0.25) is 14.4 Å². The van der Waals surface area contributed by atoms with E-state index in [9.17, 15) is 14.4 Å². The van der Waals surface area contributed by atoms with Crippen LogP contribution in [0.3, 0.4) is 0 Å². The second-order valence-corrected chi connectivity index (χ2v) is 10.9. The van der Waals surface area contributed by atoms with E-state index in [-0.39, 0.29) is 17.6 Å². The third-order valence-corrected chi connectivity index (χ3v) is 8.75. The van der Waals surface area contributed by atoms with Crippen LogP contribution in [0.5, 0.6) is 5.75 Å². The molecule has 0 spiro atoms. The van der Waals surface area contributed by atoms with Crippen molar-refractivity contribution in [3.8, 4) is 5.75 Å². The van der Waals surface area contributed by atoms with Gasteiger partial charge in [0.25, 0.3) is 0 Å². The molecule has 0 saturated carbocycles. The van der Waals surface area contributed by atoms with Crippen molar-refractivity contribution in [1.29, 1.82) is 0 Å².